The molecule has 3 aromatic rings. The van der Waals surface area contributed by atoms with E-state index in [1.807, 2.05) is 10.7 Å². The molecule has 4 rings (SSSR count). The van der Waals surface area contributed by atoms with Crippen LogP contribution in [0.4, 0.5) is 10.2 Å². The summed E-state index contributed by atoms with van der Waals surface area (Å²) in [4.78, 5) is 18.8. The van der Waals surface area contributed by atoms with Crippen molar-refractivity contribution in [1.29, 1.82) is 0 Å². The van der Waals surface area contributed by atoms with E-state index in [0.29, 0.717) is 23.7 Å². The monoisotopic (exact) mass is 409 g/mol. The van der Waals surface area contributed by atoms with E-state index in [1.165, 1.54) is 18.3 Å². The first-order valence-electron chi connectivity index (χ1n) is 9.93. The number of nitrogens with zero attached hydrogens (tertiary/aromatic N) is 4. The lowest BCUT2D eigenvalue weighted by Crippen LogP contribution is -2.35. The number of rotatable bonds is 6. The summed E-state index contributed by atoms with van der Waals surface area (Å²) in [6.45, 7) is 2.46. The third-order valence-corrected chi connectivity index (χ3v) is 5.38. The quantitative estimate of drug-likeness (QED) is 0.675. The molecule has 1 aromatic carbocycles. The van der Waals surface area contributed by atoms with Gasteiger partial charge in [-0.1, -0.05) is 6.07 Å². The van der Waals surface area contributed by atoms with Crippen LogP contribution in [0.2, 0.25) is 0 Å². The van der Waals surface area contributed by atoms with Crippen molar-refractivity contribution in [2.24, 2.45) is 0 Å². The molecule has 1 N–H and O–H groups in total. The van der Waals surface area contributed by atoms with E-state index in [2.05, 4.69) is 20.3 Å². The molecule has 2 aromatic heterocycles. The van der Waals surface area contributed by atoms with Crippen LogP contribution < -0.4 is 10.1 Å². The van der Waals surface area contributed by atoms with Gasteiger partial charge in [0.05, 0.1) is 24.9 Å². The highest BCUT2D eigenvalue weighted by molar-refractivity contribution is 6.03. The Hall–Kier alpha value is -3.26. The number of ether oxygens (including phenoxy) is 1. The minimum atomic E-state index is -0.297. The van der Waals surface area contributed by atoms with Gasteiger partial charge >= 0.3 is 0 Å². The van der Waals surface area contributed by atoms with E-state index in [4.69, 9.17) is 4.74 Å². The number of hydrogen-bond donors (Lipinski definition) is 1. The SMILES string of the molecule is COc1cc(F)ccc1CN1CCC(n2nccc2NC(=O)c2cccnc2)CC1. The molecular formula is C22H24FN5O2. The topological polar surface area (TPSA) is 72.3 Å². The van der Waals surface area contributed by atoms with Gasteiger partial charge in [0, 0.05) is 49.7 Å². The Morgan fingerprint density at radius 2 is 2.07 bits per heavy atom. The number of carbonyl (C=O) groups excluding carboxylic acids is 1. The molecular weight excluding hydrogens is 385 g/mol. The van der Waals surface area contributed by atoms with E-state index in [-0.39, 0.29) is 17.8 Å². The summed E-state index contributed by atoms with van der Waals surface area (Å²) in [6, 6.07) is 10.1. The minimum absolute atomic E-state index is 0.203. The van der Waals surface area contributed by atoms with Crippen molar-refractivity contribution in [2.45, 2.75) is 25.4 Å². The third-order valence-electron chi connectivity index (χ3n) is 5.38. The summed E-state index contributed by atoms with van der Waals surface area (Å²) >= 11 is 0. The molecule has 30 heavy (non-hydrogen) atoms. The fourth-order valence-corrected chi connectivity index (χ4v) is 3.80. The summed E-state index contributed by atoms with van der Waals surface area (Å²) in [7, 11) is 1.56. The number of aromatic nitrogens is 3. The number of piperidine rings is 1. The number of methoxy groups -OCH3 is 1. The normalized spacial score (nSPS) is 15.1. The Morgan fingerprint density at radius 1 is 1.23 bits per heavy atom. The number of halogens is 1. The molecule has 1 saturated heterocycles. The Bertz CT molecular complexity index is 1000. The maximum absolute atomic E-state index is 13.4. The van der Waals surface area contributed by atoms with Crippen molar-refractivity contribution in [1.82, 2.24) is 19.7 Å². The zero-order valence-corrected chi connectivity index (χ0v) is 16.8. The second kappa shape index (κ2) is 9.04. The summed E-state index contributed by atoms with van der Waals surface area (Å²) in [5, 5.41) is 7.37. The van der Waals surface area contributed by atoms with Gasteiger partial charge in [0.15, 0.2) is 0 Å². The van der Waals surface area contributed by atoms with Crippen molar-refractivity contribution in [3.05, 3.63) is 71.9 Å². The van der Waals surface area contributed by atoms with Crippen molar-refractivity contribution >= 4 is 11.7 Å². The molecule has 1 amide bonds. The fraction of sp³-hybridized carbons (Fsp3) is 0.318. The Balaban J connectivity index is 1.37. The van der Waals surface area contributed by atoms with Crippen LogP contribution in [0.5, 0.6) is 5.75 Å². The summed E-state index contributed by atoms with van der Waals surface area (Å²) < 4.78 is 20.6. The van der Waals surface area contributed by atoms with E-state index in [9.17, 15) is 9.18 Å². The predicted octanol–water partition coefficient (Wildman–Crippen LogP) is 3.52. The van der Waals surface area contributed by atoms with E-state index >= 15 is 0 Å². The zero-order chi connectivity index (χ0) is 20.9. The summed E-state index contributed by atoms with van der Waals surface area (Å²) in [5.74, 6) is 0.756. The minimum Gasteiger partial charge on any atom is -0.496 e. The lowest BCUT2D eigenvalue weighted by Gasteiger charge is -2.33. The Kier molecular flexibility index (Phi) is 6.04. The second-order valence-electron chi connectivity index (χ2n) is 7.32. The van der Waals surface area contributed by atoms with E-state index < -0.39 is 0 Å². The molecule has 1 aliphatic heterocycles. The summed E-state index contributed by atoms with van der Waals surface area (Å²) in [5.41, 5.74) is 1.48. The van der Waals surface area contributed by atoms with E-state index in [0.717, 1.165) is 31.5 Å². The third kappa shape index (κ3) is 4.49. The number of hydrogen-bond acceptors (Lipinski definition) is 5. The van der Waals surface area contributed by atoms with Gasteiger partial charge < -0.3 is 10.1 Å². The lowest BCUT2D eigenvalue weighted by molar-refractivity contribution is 0.102. The molecule has 0 saturated carbocycles. The van der Waals surface area contributed by atoms with Gasteiger partial charge in [-0.3, -0.25) is 14.7 Å². The number of benzene rings is 1. The highest BCUT2D eigenvalue weighted by Crippen LogP contribution is 2.28. The van der Waals surface area contributed by atoms with Crippen LogP contribution in [0.25, 0.3) is 0 Å². The number of carbonyl (C=O) groups is 1. The average Bonchev–Trinajstić information content (AvgIpc) is 3.24. The molecule has 8 heteroatoms. The van der Waals surface area contributed by atoms with Crippen LogP contribution in [-0.4, -0.2) is 45.8 Å². The van der Waals surface area contributed by atoms with Gasteiger partial charge in [-0.05, 0) is 31.0 Å². The first-order valence-corrected chi connectivity index (χ1v) is 9.93. The molecule has 3 heterocycles. The lowest BCUT2D eigenvalue weighted by atomic mass is 10.0. The van der Waals surface area contributed by atoms with Gasteiger partial charge in [-0.2, -0.15) is 5.10 Å². The maximum atomic E-state index is 13.4. The first-order chi connectivity index (χ1) is 14.6. The van der Waals surface area contributed by atoms with Crippen molar-refractivity contribution < 1.29 is 13.9 Å². The average molecular weight is 409 g/mol. The smallest absolute Gasteiger partial charge is 0.258 e. The van der Waals surface area contributed by atoms with Crippen molar-refractivity contribution in [3.63, 3.8) is 0 Å². The highest BCUT2D eigenvalue weighted by Gasteiger charge is 2.24. The van der Waals surface area contributed by atoms with Crippen LogP contribution in [0, 0.1) is 5.82 Å². The molecule has 7 nitrogen and oxygen atoms in total. The number of anilines is 1. The van der Waals surface area contributed by atoms with E-state index in [1.54, 1.807) is 37.7 Å². The van der Waals surface area contributed by atoms with Gasteiger partial charge in [0.25, 0.3) is 5.91 Å². The summed E-state index contributed by atoms with van der Waals surface area (Å²) in [6.07, 6.45) is 6.69. The Morgan fingerprint density at radius 3 is 2.80 bits per heavy atom. The van der Waals surface area contributed by atoms with Crippen LogP contribution in [-0.2, 0) is 6.54 Å². The van der Waals surface area contributed by atoms with Crippen LogP contribution in [0.1, 0.15) is 34.8 Å². The van der Waals surface area contributed by atoms with Gasteiger partial charge in [-0.25, -0.2) is 9.07 Å². The molecule has 156 valence electrons. The molecule has 0 atom stereocenters. The van der Waals surface area contributed by atoms with Crippen LogP contribution >= 0.6 is 0 Å². The Labute approximate surface area is 174 Å². The molecule has 0 unspecified atom stereocenters. The van der Waals surface area contributed by atoms with Crippen molar-refractivity contribution in [2.75, 3.05) is 25.5 Å². The molecule has 1 fully saturated rings. The molecule has 0 bridgehead atoms. The zero-order valence-electron chi connectivity index (χ0n) is 16.8. The second-order valence-corrected chi connectivity index (χ2v) is 7.32. The number of likely N-dealkylation sites (tertiary alicyclic amines) is 1. The standard InChI is InChI=1S/C22H24FN5O2/c1-30-20-13-18(23)5-4-17(20)15-27-11-7-19(8-12-27)28-21(6-10-25-28)26-22(29)16-3-2-9-24-14-16/h2-6,9-10,13-14,19H,7-8,11-12,15H2,1H3,(H,26,29). The number of pyridine rings is 1. The van der Waals surface area contributed by atoms with Gasteiger partial charge in [-0.15, -0.1) is 0 Å². The van der Waals surface area contributed by atoms with Gasteiger partial charge in [0.1, 0.15) is 17.4 Å². The van der Waals surface area contributed by atoms with Gasteiger partial charge in [0.2, 0.25) is 0 Å². The fourth-order valence-electron chi connectivity index (χ4n) is 3.80. The predicted molar refractivity (Wildman–Crippen MR) is 111 cm³/mol. The molecule has 0 aliphatic carbocycles. The largest absolute Gasteiger partial charge is 0.496 e. The molecule has 0 spiro atoms. The molecule has 0 radical (unpaired) electrons. The maximum Gasteiger partial charge on any atom is 0.258 e. The molecule has 1 aliphatic rings. The van der Waals surface area contributed by atoms with Crippen molar-refractivity contribution in [3.8, 4) is 5.75 Å². The first kappa shape index (κ1) is 20.0. The van der Waals surface area contributed by atoms with Crippen LogP contribution in [0.15, 0.2) is 55.0 Å². The number of amides is 1. The number of nitrogens with one attached hydrogen (secondary N) is 1. The highest BCUT2D eigenvalue weighted by atomic mass is 19.1. The van der Waals surface area contributed by atoms with Crippen LogP contribution in [0.3, 0.4) is 0 Å².